The molecular weight excluding hydrogens is 228 g/mol. The molecule has 2 rings (SSSR count). The lowest BCUT2D eigenvalue weighted by molar-refractivity contribution is 0.0495. The van der Waals surface area contributed by atoms with Crippen molar-refractivity contribution in [1.82, 2.24) is 10.3 Å². The SMILES string of the molecule is CCNCc1ccncc1OCC1CCOCC1. The topological polar surface area (TPSA) is 43.4 Å². The number of rotatable bonds is 6. The van der Waals surface area contributed by atoms with Gasteiger partial charge in [0.1, 0.15) is 5.75 Å². The van der Waals surface area contributed by atoms with Crippen LogP contribution in [-0.2, 0) is 11.3 Å². The molecule has 0 bridgehead atoms. The number of hydrogen-bond donors (Lipinski definition) is 1. The minimum absolute atomic E-state index is 0.617. The van der Waals surface area contributed by atoms with Crippen LogP contribution in [0.15, 0.2) is 18.5 Å². The molecule has 0 amide bonds. The van der Waals surface area contributed by atoms with Gasteiger partial charge in [-0.2, -0.15) is 0 Å². The molecule has 0 radical (unpaired) electrons. The number of nitrogens with zero attached hydrogens (tertiary/aromatic N) is 1. The Labute approximate surface area is 109 Å². The van der Waals surface area contributed by atoms with Crippen molar-refractivity contribution < 1.29 is 9.47 Å². The molecule has 1 aromatic heterocycles. The van der Waals surface area contributed by atoms with Gasteiger partial charge in [0.15, 0.2) is 0 Å². The number of pyridine rings is 1. The van der Waals surface area contributed by atoms with Gasteiger partial charge in [-0.05, 0) is 31.4 Å². The number of nitrogens with one attached hydrogen (secondary N) is 1. The van der Waals surface area contributed by atoms with Crippen molar-refractivity contribution in [2.45, 2.75) is 26.3 Å². The van der Waals surface area contributed by atoms with Crippen molar-refractivity contribution >= 4 is 0 Å². The number of aromatic nitrogens is 1. The maximum absolute atomic E-state index is 5.92. The molecule has 1 aliphatic rings. The minimum atomic E-state index is 0.617. The van der Waals surface area contributed by atoms with E-state index in [2.05, 4.69) is 17.2 Å². The zero-order chi connectivity index (χ0) is 12.6. The first-order chi connectivity index (χ1) is 8.90. The molecule has 1 aromatic rings. The quantitative estimate of drug-likeness (QED) is 0.838. The fourth-order valence-electron chi connectivity index (χ4n) is 2.07. The predicted molar refractivity (Wildman–Crippen MR) is 70.7 cm³/mol. The third-order valence-corrected chi connectivity index (χ3v) is 3.25. The maximum atomic E-state index is 5.92. The van der Waals surface area contributed by atoms with E-state index in [1.54, 1.807) is 0 Å². The van der Waals surface area contributed by atoms with Gasteiger partial charge < -0.3 is 14.8 Å². The Hall–Kier alpha value is -1.13. The fourth-order valence-corrected chi connectivity index (χ4v) is 2.07. The largest absolute Gasteiger partial charge is 0.491 e. The van der Waals surface area contributed by atoms with Crippen LogP contribution < -0.4 is 10.1 Å². The number of hydrogen-bond acceptors (Lipinski definition) is 4. The maximum Gasteiger partial charge on any atom is 0.142 e. The Bertz CT molecular complexity index is 351. The highest BCUT2D eigenvalue weighted by Crippen LogP contribution is 2.20. The van der Waals surface area contributed by atoms with Crippen LogP contribution in [0.4, 0.5) is 0 Å². The van der Waals surface area contributed by atoms with Crippen molar-refractivity contribution in [3.05, 3.63) is 24.0 Å². The summed E-state index contributed by atoms with van der Waals surface area (Å²) in [4.78, 5) is 4.14. The zero-order valence-corrected chi connectivity index (χ0v) is 11.0. The predicted octanol–water partition coefficient (Wildman–Crippen LogP) is 2.00. The van der Waals surface area contributed by atoms with E-state index >= 15 is 0 Å². The van der Waals surface area contributed by atoms with Crippen LogP contribution in [0.2, 0.25) is 0 Å². The van der Waals surface area contributed by atoms with E-state index in [9.17, 15) is 0 Å². The average Bonchev–Trinajstić information content (AvgIpc) is 2.45. The first-order valence-electron chi connectivity index (χ1n) is 6.74. The molecule has 1 saturated heterocycles. The zero-order valence-electron chi connectivity index (χ0n) is 11.0. The van der Waals surface area contributed by atoms with Gasteiger partial charge in [-0.3, -0.25) is 4.98 Å². The molecule has 0 spiro atoms. The van der Waals surface area contributed by atoms with Crippen LogP contribution in [0, 0.1) is 5.92 Å². The molecule has 2 heterocycles. The summed E-state index contributed by atoms with van der Waals surface area (Å²) in [6.07, 6.45) is 5.82. The molecule has 0 saturated carbocycles. The van der Waals surface area contributed by atoms with E-state index in [1.165, 1.54) is 5.56 Å². The highest BCUT2D eigenvalue weighted by atomic mass is 16.5. The van der Waals surface area contributed by atoms with Gasteiger partial charge >= 0.3 is 0 Å². The van der Waals surface area contributed by atoms with E-state index in [4.69, 9.17) is 9.47 Å². The first kappa shape index (κ1) is 13.3. The van der Waals surface area contributed by atoms with Crippen molar-refractivity contribution in [3.8, 4) is 5.75 Å². The smallest absolute Gasteiger partial charge is 0.142 e. The van der Waals surface area contributed by atoms with Crippen molar-refractivity contribution in [3.63, 3.8) is 0 Å². The van der Waals surface area contributed by atoms with E-state index in [1.807, 2.05) is 18.5 Å². The lowest BCUT2D eigenvalue weighted by Crippen LogP contribution is -2.22. The summed E-state index contributed by atoms with van der Waals surface area (Å²) in [7, 11) is 0. The second-order valence-electron chi connectivity index (χ2n) is 4.63. The summed E-state index contributed by atoms with van der Waals surface area (Å²) in [6.45, 7) is 6.40. The van der Waals surface area contributed by atoms with E-state index in [-0.39, 0.29) is 0 Å². The Balaban J connectivity index is 1.87. The summed E-state index contributed by atoms with van der Waals surface area (Å²) in [5.74, 6) is 1.52. The summed E-state index contributed by atoms with van der Waals surface area (Å²) >= 11 is 0. The molecule has 4 nitrogen and oxygen atoms in total. The molecule has 0 atom stereocenters. The Kier molecular flexibility index (Phi) is 5.42. The first-order valence-corrected chi connectivity index (χ1v) is 6.74. The molecular formula is C14H22N2O2. The van der Waals surface area contributed by atoms with E-state index < -0.39 is 0 Å². The van der Waals surface area contributed by atoms with Gasteiger partial charge in [-0.25, -0.2) is 0 Å². The Morgan fingerprint density at radius 3 is 3.06 bits per heavy atom. The normalized spacial score (nSPS) is 16.7. The number of ether oxygens (including phenoxy) is 2. The molecule has 4 heteroatoms. The molecule has 1 N–H and O–H groups in total. The van der Waals surface area contributed by atoms with Crippen LogP contribution >= 0.6 is 0 Å². The van der Waals surface area contributed by atoms with Crippen molar-refractivity contribution in [2.75, 3.05) is 26.4 Å². The molecule has 18 heavy (non-hydrogen) atoms. The standard InChI is InChI=1S/C14H22N2O2/c1-2-15-9-13-3-6-16-10-14(13)18-11-12-4-7-17-8-5-12/h3,6,10,12,15H,2,4-5,7-9,11H2,1H3. The minimum Gasteiger partial charge on any atom is -0.491 e. The van der Waals surface area contributed by atoms with Crippen LogP contribution in [0.25, 0.3) is 0 Å². The van der Waals surface area contributed by atoms with Crippen LogP contribution in [0.5, 0.6) is 5.75 Å². The van der Waals surface area contributed by atoms with Gasteiger partial charge in [0.2, 0.25) is 0 Å². The molecule has 1 aliphatic heterocycles. The second-order valence-corrected chi connectivity index (χ2v) is 4.63. The third kappa shape index (κ3) is 3.96. The Morgan fingerprint density at radius 1 is 1.44 bits per heavy atom. The fraction of sp³-hybridized carbons (Fsp3) is 0.643. The van der Waals surface area contributed by atoms with Crippen molar-refractivity contribution in [1.29, 1.82) is 0 Å². The summed E-state index contributed by atoms with van der Waals surface area (Å²) < 4.78 is 11.3. The molecule has 0 unspecified atom stereocenters. The van der Waals surface area contributed by atoms with Crippen molar-refractivity contribution in [2.24, 2.45) is 5.92 Å². The molecule has 100 valence electrons. The molecule has 1 fully saturated rings. The monoisotopic (exact) mass is 250 g/mol. The summed E-state index contributed by atoms with van der Waals surface area (Å²) in [5, 5.41) is 3.32. The van der Waals surface area contributed by atoms with Crippen LogP contribution in [-0.4, -0.2) is 31.3 Å². The lowest BCUT2D eigenvalue weighted by Gasteiger charge is -2.22. The summed E-state index contributed by atoms with van der Waals surface area (Å²) in [5.41, 5.74) is 1.18. The summed E-state index contributed by atoms with van der Waals surface area (Å²) in [6, 6.07) is 2.02. The molecule has 0 aliphatic carbocycles. The Morgan fingerprint density at radius 2 is 2.28 bits per heavy atom. The van der Waals surface area contributed by atoms with Crippen LogP contribution in [0.1, 0.15) is 25.3 Å². The molecule has 0 aromatic carbocycles. The lowest BCUT2D eigenvalue weighted by atomic mass is 10.0. The van der Waals surface area contributed by atoms with Gasteiger partial charge in [-0.15, -0.1) is 0 Å². The highest BCUT2D eigenvalue weighted by molar-refractivity contribution is 5.29. The highest BCUT2D eigenvalue weighted by Gasteiger charge is 2.15. The second kappa shape index (κ2) is 7.34. The van der Waals surface area contributed by atoms with Crippen LogP contribution in [0.3, 0.4) is 0 Å². The van der Waals surface area contributed by atoms with Gasteiger partial charge in [0, 0.05) is 31.5 Å². The van der Waals surface area contributed by atoms with Gasteiger partial charge in [-0.1, -0.05) is 6.92 Å². The van der Waals surface area contributed by atoms with E-state index in [0.29, 0.717) is 5.92 Å². The average molecular weight is 250 g/mol. The van der Waals surface area contributed by atoms with Gasteiger partial charge in [0.05, 0.1) is 12.8 Å². The van der Waals surface area contributed by atoms with E-state index in [0.717, 1.165) is 51.5 Å². The van der Waals surface area contributed by atoms with Gasteiger partial charge in [0.25, 0.3) is 0 Å². The third-order valence-electron chi connectivity index (χ3n) is 3.25.